The molecule has 6 heteroatoms. The number of amides is 1. The first-order valence-corrected chi connectivity index (χ1v) is 5.72. The topological polar surface area (TPSA) is 85.7 Å². The van der Waals surface area contributed by atoms with E-state index in [1.54, 1.807) is 24.2 Å². The number of hydrogen-bond acceptors (Lipinski definition) is 4. The van der Waals surface area contributed by atoms with Gasteiger partial charge >= 0.3 is 0 Å². The third-order valence-corrected chi connectivity index (χ3v) is 2.61. The van der Waals surface area contributed by atoms with Crippen LogP contribution in [0.1, 0.15) is 27.6 Å². The minimum Gasteiger partial charge on any atom is -0.345 e. The van der Waals surface area contributed by atoms with Crippen LogP contribution in [0.25, 0.3) is 0 Å². The largest absolute Gasteiger partial charge is 0.345 e. The Labute approximate surface area is 110 Å². The number of carbonyl (C=O) groups is 1. The van der Waals surface area contributed by atoms with Crippen molar-refractivity contribution in [3.05, 3.63) is 47.3 Å². The van der Waals surface area contributed by atoms with Crippen LogP contribution in [0.3, 0.4) is 0 Å². The maximum absolute atomic E-state index is 12.1. The lowest BCUT2D eigenvalue weighted by atomic mass is 10.2. The molecule has 19 heavy (non-hydrogen) atoms. The van der Waals surface area contributed by atoms with E-state index in [2.05, 4.69) is 15.0 Å². The van der Waals surface area contributed by atoms with Gasteiger partial charge in [-0.05, 0) is 19.1 Å². The number of H-pyrrole nitrogens is 1. The van der Waals surface area contributed by atoms with E-state index in [1.165, 1.54) is 12.3 Å². The first kappa shape index (κ1) is 12.8. The van der Waals surface area contributed by atoms with Gasteiger partial charge in [-0.2, -0.15) is 5.26 Å². The second-order valence-corrected chi connectivity index (χ2v) is 4.22. The molecule has 2 aromatic rings. The molecule has 0 aliphatic heterocycles. The number of nitrogens with zero attached hydrogens (tertiary/aromatic N) is 4. The van der Waals surface area contributed by atoms with Crippen LogP contribution in [0.4, 0.5) is 0 Å². The van der Waals surface area contributed by atoms with Crippen LogP contribution in [-0.4, -0.2) is 32.8 Å². The van der Waals surface area contributed by atoms with E-state index in [4.69, 9.17) is 5.26 Å². The molecule has 0 saturated heterocycles. The molecule has 96 valence electrons. The number of aryl methyl sites for hydroxylation is 1. The van der Waals surface area contributed by atoms with Gasteiger partial charge in [0.1, 0.15) is 17.6 Å². The summed E-state index contributed by atoms with van der Waals surface area (Å²) in [6.07, 6.45) is 3.13. The molecular formula is C13H13N5O. The van der Waals surface area contributed by atoms with Gasteiger partial charge in [0.15, 0.2) is 0 Å². The number of aromatic nitrogens is 3. The highest BCUT2D eigenvalue weighted by Crippen LogP contribution is 2.06. The molecule has 0 aliphatic rings. The summed E-state index contributed by atoms with van der Waals surface area (Å²) in [5.74, 6) is 0.570. The molecule has 0 atom stereocenters. The van der Waals surface area contributed by atoms with Crippen molar-refractivity contribution in [3.63, 3.8) is 0 Å². The van der Waals surface area contributed by atoms with Crippen LogP contribution in [0, 0.1) is 18.3 Å². The van der Waals surface area contributed by atoms with E-state index < -0.39 is 0 Å². The Kier molecular flexibility index (Phi) is 3.57. The maximum atomic E-state index is 12.1. The SMILES string of the molecule is Cc1cnc(CN(C)C(=O)c2ccc(C#N)nc2)[nH]1. The number of nitriles is 1. The predicted octanol–water partition coefficient (Wildman–Crippen LogP) is 1.26. The van der Waals surface area contributed by atoms with Gasteiger partial charge in [0.25, 0.3) is 5.91 Å². The van der Waals surface area contributed by atoms with Crippen molar-refractivity contribution >= 4 is 5.91 Å². The van der Waals surface area contributed by atoms with E-state index in [9.17, 15) is 4.79 Å². The zero-order valence-corrected chi connectivity index (χ0v) is 10.7. The van der Waals surface area contributed by atoms with Gasteiger partial charge in [0.2, 0.25) is 0 Å². The van der Waals surface area contributed by atoms with Crippen LogP contribution < -0.4 is 0 Å². The highest BCUT2D eigenvalue weighted by Gasteiger charge is 2.13. The van der Waals surface area contributed by atoms with E-state index in [1.807, 2.05) is 13.0 Å². The lowest BCUT2D eigenvalue weighted by Gasteiger charge is -2.15. The summed E-state index contributed by atoms with van der Waals surface area (Å²) in [6, 6.07) is 5.03. The molecule has 0 aromatic carbocycles. The predicted molar refractivity (Wildman–Crippen MR) is 68.1 cm³/mol. The monoisotopic (exact) mass is 255 g/mol. The van der Waals surface area contributed by atoms with Gasteiger partial charge in [-0.15, -0.1) is 0 Å². The molecule has 6 nitrogen and oxygen atoms in total. The normalized spacial score (nSPS) is 9.95. The average Bonchev–Trinajstić information content (AvgIpc) is 2.83. The third-order valence-electron chi connectivity index (χ3n) is 2.61. The van der Waals surface area contributed by atoms with Gasteiger partial charge in [-0.25, -0.2) is 9.97 Å². The van der Waals surface area contributed by atoms with Gasteiger partial charge < -0.3 is 9.88 Å². The van der Waals surface area contributed by atoms with Crippen molar-refractivity contribution in [1.82, 2.24) is 19.9 Å². The van der Waals surface area contributed by atoms with Gasteiger partial charge in [0.05, 0.1) is 12.1 Å². The highest BCUT2D eigenvalue weighted by molar-refractivity contribution is 5.93. The number of hydrogen-bond donors (Lipinski definition) is 1. The molecule has 1 amide bonds. The van der Waals surface area contributed by atoms with Crippen molar-refractivity contribution in [2.45, 2.75) is 13.5 Å². The molecule has 0 fully saturated rings. The number of aromatic amines is 1. The standard InChI is InChI=1S/C13H13N5O/c1-9-6-16-12(17-9)8-18(2)13(19)10-3-4-11(5-14)15-7-10/h3-4,6-7H,8H2,1-2H3,(H,16,17). The van der Waals surface area contributed by atoms with Crippen LogP contribution in [0.15, 0.2) is 24.5 Å². The van der Waals surface area contributed by atoms with Crippen LogP contribution in [-0.2, 0) is 6.54 Å². The molecule has 0 bridgehead atoms. The Hall–Kier alpha value is -2.68. The molecule has 0 radical (unpaired) electrons. The summed E-state index contributed by atoms with van der Waals surface area (Å²) < 4.78 is 0. The van der Waals surface area contributed by atoms with Crippen molar-refractivity contribution in [2.75, 3.05) is 7.05 Å². The summed E-state index contributed by atoms with van der Waals surface area (Å²) in [5.41, 5.74) is 1.70. The Balaban J connectivity index is 2.08. The molecule has 2 heterocycles. The number of imidazole rings is 1. The van der Waals surface area contributed by atoms with Crippen LogP contribution in [0.5, 0.6) is 0 Å². The minimum atomic E-state index is -0.161. The second kappa shape index (κ2) is 5.31. The van der Waals surface area contributed by atoms with Crippen LogP contribution >= 0.6 is 0 Å². The molecule has 0 aliphatic carbocycles. The van der Waals surface area contributed by atoms with Gasteiger partial charge in [-0.1, -0.05) is 0 Å². The van der Waals surface area contributed by atoms with E-state index in [-0.39, 0.29) is 5.91 Å². The fourth-order valence-electron chi connectivity index (χ4n) is 1.65. The van der Waals surface area contributed by atoms with Crippen LogP contribution in [0.2, 0.25) is 0 Å². The number of carbonyl (C=O) groups excluding carboxylic acids is 1. The van der Waals surface area contributed by atoms with Crippen molar-refractivity contribution in [3.8, 4) is 6.07 Å². The van der Waals surface area contributed by atoms with Gasteiger partial charge in [0, 0.05) is 25.1 Å². The zero-order valence-electron chi connectivity index (χ0n) is 10.7. The average molecular weight is 255 g/mol. The minimum absolute atomic E-state index is 0.161. The molecule has 2 aromatic heterocycles. The fraction of sp³-hybridized carbons (Fsp3) is 0.231. The maximum Gasteiger partial charge on any atom is 0.255 e. The van der Waals surface area contributed by atoms with E-state index in [0.29, 0.717) is 17.8 Å². The van der Waals surface area contributed by atoms with Crippen molar-refractivity contribution in [1.29, 1.82) is 5.26 Å². The zero-order chi connectivity index (χ0) is 13.8. The quantitative estimate of drug-likeness (QED) is 0.894. The summed E-state index contributed by atoms with van der Waals surface area (Å²) in [7, 11) is 1.69. The fourth-order valence-corrected chi connectivity index (χ4v) is 1.65. The lowest BCUT2D eigenvalue weighted by Crippen LogP contribution is -2.26. The Morgan fingerprint density at radius 3 is 2.74 bits per heavy atom. The smallest absolute Gasteiger partial charge is 0.255 e. The highest BCUT2D eigenvalue weighted by atomic mass is 16.2. The first-order chi connectivity index (χ1) is 9.10. The molecule has 1 N–H and O–H groups in total. The number of nitrogens with one attached hydrogen (secondary N) is 1. The van der Waals surface area contributed by atoms with Crippen molar-refractivity contribution < 1.29 is 4.79 Å². The molecule has 0 unspecified atom stereocenters. The number of pyridine rings is 1. The Bertz CT molecular complexity index is 623. The summed E-state index contributed by atoms with van der Waals surface area (Å²) >= 11 is 0. The van der Waals surface area contributed by atoms with E-state index >= 15 is 0 Å². The lowest BCUT2D eigenvalue weighted by molar-refractivity contribution is 0.0781. The summed E-state index contributed by atoms with van der Waals surface area (Å²) in [4.78, 5) is 24.8. The van der Waals surface area contributed by atoms with Gasteiger partial charge in [-0.3, -0.25) is 4.79 Å². The molecular weight excluding hydrogens is 242 g/mol. The summed E-state index contributed by atoms with van der Waals surface area (Å²) in [5, 5.41) is 8.65. The molecule has 2 rings (SSSR count). The second-order valence-electron chi connectivity index (χ2n) is 4.22. The Morgan fingerprint density at radius 2 is 2.21 bits per heavy atom. The van der Waals surface area contributed by atoms with Crippen molar-refractivity contribution in [2.24, 2.45) is 0 Å². The third kappa shape index (κ3) is 2.96. The first-order valence-electron chi connectivity index (χ1n) is 5.72. The molecule has 0 spiro atoms. The molecule has 0 saturated carbocycles. The van der Waals surface area contributed by atoms with E-state index in [0.717, 1.165) is 11.5 Å². The Morgan fingerprint density at radius 1 is 1.42 bits per heavy atom. The summed E-state index contributed by atoms with van der Waals surface area (Å²) in [6.45, 7) is 2.30. The number of rotatable bonds is 3.